The SMILES string of the molecule is CC.CC.Cc1cc2c(c3c1C(=O)c1c(C)cc4c(c1C3=O)Nc1ccccc1C4)Nc1ccccc1C2. The first-order valence-corrected chi connectivity index (χ1v) is 13.6. The lowest BCUT2D eigenvalue weighted by Gasteiger charge is -2.32. The van der Waals surface area contributed by atoms with Gasteiger partial charge in [0.25, 0.3) is 0 Å². The molecule has 0 atom stereocenters. The van der Waals surface area contributed by atoms with Crippen molar-refractivity contribution in [3.8, 4) is 0 Å². The average molecular weight is 503 g/mol. The molecule has 1 aliphatic carbocycles. The van der Waals surface area contributed by atoms with Gasteiger partial charge in [0.05, 0.1) is 22.5 Å². The van der Waals surface area contributed by atoms with Gasteiger partial charge in [0.15, 0.2) is 11.6 Å². The van der Waals surface area contributed by atoms with Gasteiger partial charge in [0.1, 0.15) is 0 Å². The van der Waals surface area contributed by atoms with Crippen molar-refractivity contribution in [1.82, 2.24) is 0 Å². The summed E-state index contributed by atoms with van der Waals surface area (Å²) in [6.45, 7) is 11.9. The molecule has 0 fully saturated rings. The number of hydrogen-bond donors (Lipinski definition) is 2. The summed E-state index contributed by atoms with van der Waals surface area (Å²) in [6.07, 6.45) is 1.47. The Morgan fingerprint density at radius 2 is 0.895 bits per heavy atom. The minimum absolute atomic E-state index is 0.0634. The minimum Gasteiger partial charge on any atom is -0.354 e. The lowest BCUT2D eigenvalue weighted by Crippen LogP contribution is -2.28. The number of carbonyl (C=O) groups is 2. The third kappa shape index (κ3) is 3.75. The smallest absolute Gasteiger partial charge is 0.198 e. The van der Waals surface area contributed by atoms with Crippen LogP contribution < -0.4 is 10.6 Å². The summed E-state index contributed by atoms with van der Waals surface area (Å²) in [5.74, 6) is -0.144. The van der Waals surface area contributed by atoms with E-state index in [-0.39, 0.29) is 11.6 Å². The van der Waals surface area contributed by atoms with E-state index in [1.807, 2.05) is 77.9 Å². The summed E-state index contributed by atoms with van der Waals surface area (Å²) in [5.41, 5.74) is 11.8. The zero-order chi connectivity index (χ0) is 27.1. The molecule has 0 aromatic heterocycles. The fourth-order valence-corrected chi connectivity index (χ4v) is 5.90. The Balaban J connectivity index is 0.000000704. The lowest BCUT2D eigenvalue weighted by molar-refractivity contribution is 0.0979. The van der Waals surface area contributed by atoms with Crippen molar-refractivity contribution in [2.24, 2.45) is 0 Å². The van der Waals surface area contributed by atoms with Gasteiger partial charge in [0, 0.05) is 35.3 Å². The predicted molar refractivity (Wildman–Crippen MR) is 157 cm³/mol. The highest BCUT2D eigenvalue weighted by Gasteiger charge is 2.39. The normalized spacial score (nSPS) is 13.3. The van der Waals surface area contributed by atoms with Gasteiger partial charge in [-0.2, -0.15) is 0 Å². The number of ketones is 2. The highest BCUT2D eigenvalue weighted by molar-refractivity contribution is 6.33. The molecule has 38 heavy (non-hydrogen) atoms. The van der Waals surface area contributed by atoms with Crippen LogP contribution in [0.1, 0.15) is 92.9 Å². The molecule has 0 radical (unpaired) electrons. The van der Waals surface area contributed by atoms with Gasteiger partial charge in [0.2, 0.25) is 0 Å². The van der Waals surface area contributed by atoms with Crippen molar-refractivity contribution in [2.75, 3.05) is 10.6 Å². The van der Waals surface area contributed by atoms with E-state index in [4.69, 9.17) is 0 Å². The standard InChI is InChI=1S/C30H22N2O2.2C2H6/c1-15-11-19-13-17-7-3-5-9-21(17)31-27(19)25-23(15)29(33)24-16(2)12-20-14-18-8-4-6-10-22(18)32-28(20)26(24)30(25)34;2*1-2/h3-12,31-32H,13-14H2,1-2H3;2*1-2H3. The van der Waals surface area contributed by atoms with Crippen LogP contribution in [-0.2, 0) is 12.8 Å². The van der Waals surface area contributed by atoms with Crippen LogP contribution in [0, 0.1) is 13.8 Å². The molecule has 7 rings (SSSR count). The molecule has 4 nitrogen and oxygen atoms in total. The van der Waals surface area contributed by atoms with Crippen molar-refractivity contribution in [1.29, 1.82) is 0 Å². The van der Waals surface area contributed by atoms with Crippen LogP contribution in [0.5, 0.6) is 0 Å². The Hall–Kier alpha value is -4.18. The van der Waals surface area contributed by atoms with Crippen molar-refractivity contribution in [2.45, 2.75) is 54.4 Å². The fourth-order valence-electron chi connectivity index (χ4n) is 5.90. The first kappa shape index (κ1) is 25.5. The van der Waals surface area contributed by atoms with Gasteiger partial charge >= 0.3 is 0 Å². The van der Waals surface area contributed by atoms with Crippen LogP contribution in [0.3, 0.4) is 0 Å². The molecular weight excluding hydrogens is 468 g/mol. The van der Waals surface area contributed by atoms with Crippen LogP contribution in [0.25, 0.3) is 0 Å². The van der Waals surface area contributed by atoms with Gasteiger partial charge in [-0.1, -0.05) is 76.2 Å². The first-order chi connectivity index (χ1) is 18.5. The summed E-state index contributed by atoms with van der Waals surface area (Å²) < 4.78 is 0. The van der Waals surface area contributed by atoms with E-state index in [1.54, 1.807) is 0 Å². The van der Waals surface area contributed by atoms with Crippen molar-refractivity contribution in [3.05, 3.63) is 116 Å². The molecular formula is C34H34N2O2. The number of fused-ring (bicyclic) bond motifs is 8. The number of para-hydroxylation sites is 2. The maximum Gasteiger partial charge on any atom is 0.198 e. The number of nitrogens with one attached hydrogen (secondary N) is 2. The number of benzene rings is 4. The monoisotopic (exact) mass is 502 g/mol. The molecule has 192 valence electrons. The minimum atomic E-state index is -0.0803. The molecule has 4 aromatic rings. The highest BCUT2D eigenvalue weighted by Crippen LogP contribution is 2.46. The lowest BCUT2D eigenvalue weighted by atomic mass is 9.75. The molecule has 2 heterocycles. The molecule has 0 saturated carbocycles. The topological polar surface area (TPSA) is 58.2 Å². The molecule has 3 aliphatic rings. The van der Waals surface area contributed by atoms with E-state index in [2.05, 4.69) is 34.9 Å². The zero-order valence-electron chi connectivity index (χ0n) is 23.0. The Morgan fingerprint density at radius 1 is 0.526 bits per heavy atom. The van der Waals surface area contributed by atoms with E-state index in [1.165, 1.54) is 11.1 Å². The molecule has 0 unspecified atom stereocenters. The Labute approximate surface area is 225 Å². The number of rotatable bonds is 0. The number of hydrogen-bond acceptors (Lipinski definition) is 4. The maximum absolute atomic E-state index is 14.3. The van der Waals surface area contributed by atoms with Crippen molar-refractivity contribution in [3.63, 3.8) is 0 Å². The Morgan fingerprint density at radius 3 is 1.32 bits per heavy atom. The van der Waals surface area contributed by atoms with E-state index >= 15 is 0 Å². The van der Waals surface area contributed by atoms with Crippen LogP contribution in [0.2, 0.25) is 0 Å². The third-order valence-corrected chi connectivity index (χ3v) is 7.44. The largest absolute Gasteiger partial charge is 0.354 e. The van der Waals surface area contributed by atoms with Crippen LogP contribution in [-0.4, -0.2) is 11.6 Å². The highest BCUT2D eigenvalue weighted by atomic mass is 16.1. The van der Waals surface area contributed by atoms with Gasteiger partial charge in [-0.15, -0.1) is 0 Å². The molecule has 0 bridgehead atoms. The number of anilines is 4. The van der Waals surface area contributed by atoms with Gasteiger partial charge in [-0.05, 0) is 59.4 Å². The fraction of sp³-hybridized carbons (Fsp3) is 0.235. The third-order valence-electron chi connectivity index (χ3n) is 7.44. The predicted octanol–water partition coefficient (Wildman–Crippen LogP) is 8.43. The van der Waals surface area contributed by atoms with Crippen LogP contribution >= 0.6 is 0 Å². The Bertz CT molecular complexity index is 1500. The molecule has 0 amide bonds. The van der Waals surface area contributed by atoms with E-state index in [0.717, 1.165) is 57.8 Å². The number of aryl methyl sites for hydroxylation is 2. The van der Waals surface area contributed by atoms with Crippen LogP contribution in [0.15, 0.2) is 60.7 Å². The van der Waals surface area contributed by atoms with Gasteiger partial charge in [-0.25, -0.2) is 0 Å². The van der Waals surface area contributed by atoms with E-state index in [0.29, 0.717) is 22.3 Å². The summed E-state index contributed by atoms with van der Waals surface area (Å²) >= 11 is 0. The Kier molecular flexibility index (Phi) is 6.66. The summed E-state index contributed by atoms with van der Waals surface area (Å²) in [4.78, 5) is 28.2. The molecule has 2 N–H and O–H groups in total. The first-order valence-electron chi connectivity index (χ1n) is 13.6. The number of carbonyl (C=O) groups excluding carboxylic acids is 2. The second kappa shape index (κ2) is 9.94. The van der Waals surface area contributed by atoms with E-state index < -0.39 is 0 Å². The van der Waals surface area contributed by atoms with Gasteiger partial charge < -0.3 is 10.6 Å². The molecule has 2 aliphatic heterocycles. The molecule has 4 aromatic carbocycles. The van der Waals surface area contributed by atoms with Crippen LogP contribution in [0.4, 0.5) is 22.7 Å². The van der Waals surface area contributed by atoms with E-state index in [9.17, 15) is 9.59 Å². The van der Waals surface area contributed by atoms with Gasteiger partial charge in [-0.3, -0.25) is 9.59 Å². The summed E-state index contributed by atoms with van der Waals surface area (Å²) in [5, 5.41) is 6.99. The molecule has 0 spiro atoms. The zero-order valence-corrected chi connectivity index (χ0v) is 23.0. The maximum atomic E-state index is 14.3. The molecule has 4 heteroatoms. The average Bonchev–Trinajstić information content (AvgIpc) is 2.95. The van der Waals surface area contributed by atoms with Crippen molar-refractivity contribution >= 4 is 34.3 Å². The summed E-state index contributed by atoms with van der Waals surface area (Å²) in [6, 6.07) is 20.4. The summed E-state index contributed by atoms with van der Waals surface area (Å²) in [7, 11) is 0. The second-order valence-corrected chi connectivity index (χ2v) is 9.53. The quantitative estimate of drug-likeness (QED) is 0.218. The second-order valence-electron chi connectivity index (χ2n) is 9.53. The molecule has 0 saturated heterocycles. The van der Waals surface area contributed by atoms with Crippen molar-refractivity contribution < 1.29 is 9.59 Å².